The fourth-order valence-corrected chi connectivity index (χ4v) is 1.69. The highest BCUT2D eigenvalue weighted by molar-refractivity contribution is 5.90. The highest BCUT2D eigenvalue weighted by atomic mass is 16.6. The van der Waals surface area contributed by atoms with Crippen LogP contribution in [0.15, 0.2) is 24.3 Å². The molecular weight excluding hydrogens is 246 g/mol. The van der Waals surface area contributed by atoms with Crippen molar-refractivity contribution in [3.63, 3.8) is 0 Å². The van der Waals surface area contributed by atoms with E-state index in [1.54, 1.807) is 0 Å². The summed E-state index contributed by atoms with van der Waals surface area (Å²) >= 11 is 0. The summed E-state index contributed by atoms with van der Waals surface area (Å²) in [5.41, 5.74) is 0.594. The Bertz CT molecular complexity index is 427. The Labute approximate surface area is 112 Å². The van der Waals surface area contributed by atoms with Crippen LogP contribution in [0.2, 0.25) is 0 Å². The van der Waals surface area contributed by atoms with Crippen LogP contribution in [-0.2, 0) is 4.79 Å². The predicted molar refractivity (Wildman–Crippen MR) is 74.1 cm³/mol. The van der Waals surface area contributed by atoms with E-state index in [0.29, 0.717) is 18.7 Å². The van der Waals surface area contributed by atoms with Gasteiger partial charge in [-0.1, -0.05) is 13.8 Å². The Hall–Kier alpha value is -1.95. The zero-order valence-corrected chi connectivity index (χ0v) is 11.3. The average Bonchev–Trinajstić information content (AvgIpc) is 2.40. The van der Waals surface area contributed by atoms with Gasteiger partial charge in [0.25, 0.3) is 5.69 Å². The van der Waals surface area contributed by atoms with Gasteiger partial charge in [-0.05, 0) is 25.2 Å². The number of hydrogen-bond acceptors (Lipinski definition) is 4. The second-order valence-electron chi connectivity index (χ2n) is 4.13. The Morgan fingerprint density at radius 1 is 1.26 bits per heavy atom. The minimum atomic E-state index is -0.466. The number of carbonyl (C=O) groups is 1. The summed E-state index contributed by atoms with van der Waals surface area (Å²) in [4.78, 5) is 23.9. The Morgan fingerprint density at radius 3 is 2.32 bits per heavy atom. The molecule has 0 aliphatic heterocycles. The van der Waals surface area contributed by atoms with Gasteiger partial charge in [0.15, 0.2) is 0 Å². The molecule has 1 aromatic carbocycles. The summed E-state index contributed by atoms with van der Waals surface area (Å²) in [6.07, 6.45) is 0.415. The smallest absolute Gasteiger partial charge is 0.269 e. The standard InChI is InChI=1S/C13H19N3O3/c1-3-15(4-2)10-9-13(17)14-11-5-7-12(8-6-11)16(18)19/h5-8H,3-4,9-10H2,1-2H3,(H,14,17). The molecule has 0 aliphatic rings. The molecule has 0 radical (unpaired) electrons. The summed E-state index contributed by atoms with van der Waals surface area (Å²) in [6, 6.07) is 5.82. The maximum Gasteiger partial charge on any atom is 0.269 e. The van der Waals surface area contributed by atoms with Gasteiger partial charge >= 0.3 is 0 Å². The van der Waals surface area contributed by atoms with E-state index in [-0.39, 0.29) is 11.6 Å². The van der Waals surface area contributed by atoms with Crippen LogP contribution in [0.1, 0.15) is 20.3 Å². The third kappa shape index (κ3) is 5.05. The molecule has 1 amide bonds. The highest BCUT2D eigenvalue weighted by Crippen LogP contribution is 2.15. The zero-order chi connectivity index (χ0) is 14.3. The summed E-state index contributed by atoms with van der Waals surface area (Å²) in [5.74, 6) is -0.0826. The van der Waals surface area contributed by atoms with Crippen LogP contribution in [0.25, 0.3) is 0 Å². The molecule has 0 aliphatic carbocycles. The molecule has 1 aromatic rings. The number of carbonyl (C=O) groups excluding carboxylic acids is 1. The second kappa shape index (κ2) is 7.48. The van der Waals surface area contributed by atoms with Crippen LogP contribution in [0.4, 0.5) is 11.4 Å². The molecule has 0 fully saturated rings. The molecule has 6 nitrogen and oxygen atoms in total. The van der Waals surface area contributed by atoms with Gasteiger partial charge < -0.3 is 10.2 Å². The van der Waals surface area contributed by atoms with E-state index in [1.165, 1.54) is 24.3 Å². The molecule has 0 spiro atoms. The van der Waals surface area contributed by atoms with Gasteiger partial charge in [0, 0.05) is 30.8 Å². The van der Waals surface area contributed by atoms with Gasteiger partial charge in [-0.25, -0.2) is 0 Å². The first kappa shape index (κ1) is 15.1. The lowest BCUT2D eigenvalue weighted by atomic mass is 10.2. The molecule has 0 bridgehead atoms. The summed E-state index contributed by atoms with van der Waals surface area (Å²) in [7, 11) is 0. The Balaban J connectivity index is 2.46. The molecule has 0 heterocycles. The lowest BCUT2D eigenvalue weighted by Gasteiger charge is -2.17. The SMILES string of the molecule is CCN(CC)CCC(=O)Nc1ccc([N+](=O)[O-])cc1. The molecule has 1 rings (SSSR count). The molecule has 0 saturated heterocycles. The summed E-state index contributed by atoms with van der Waals surface area (Å²) < 4.78 is 0. The quantitative estimate of drug-likeness (QED) is 0.606. The van der Waals surface area contributed by atoms with E-state index in [2.05, 4.69) is 24.1 Å². The summed E-state index contributed by atoms with van der Waals surface area (Å²) in [6.45, 7) is 6.66. The van der Waals surface area contributed by atoms with Gasteiger partial charge in [0.05, 0.1) is 4.92 Å². The average molecular weight is 265 g/mol. The lowest BCUT2D eigenvalue weighted by molar-refractivity contribution is -0.384. The highest BCUT2D eigenvalue weighted by Gasteiger charge is 2.07. The van der Waals surface area contributed by atoms with Crippen molar-refractivity contribution in [1.29, 1.82) is 0 Å². The number of non-ortho nitro benzene ring substituents is 1. The first-order valence-electron chi connectivity index (χ1n) is 6.33. The van der Waals surface area contributed by atoms with Crippen molar-refractivity contribution in [1.82, 2.24) is 4.90 Å². The molecule has 19 heavy (non-hydrogen) atoms. The van der Waals surface area contributed by atoms with Crippen LogP contribution >= 0.6 is 0 Å². The molecule has 0 atom stereocenters. The number of nitrogens with zero attached hydrogens (tertiary/aromatic N) is 2. The van der Waals surface area contributed by atoms with E-state index in [9.17, 15) is 14.9 Å². The van der Waals surface area contributed by atoms with Crippen molar-refractivity contribution in [2.45, 2.75) is 20.3 Å². The van der Waals surface area contributed by atoms with Crippen molar-refractivity contribution >= 4 is 17.3 Å². The minimum Gasteiger partial charge on any atom is -0.326 e. The maximum absolute atomic E-state index is 11.7. The van der Waals surface area contributed by atoms with E-state index in [1.807, 2.05) is 0 Å². The van der Waals surface area contributed by atoms with Gasteiger partial charge in [-0.15, -0.1) is 0 Å². The normalized spacial score (nSPS) is 10.5. The number of anilines is 1. The first-order valence-corrected chi connectivity index (χ1v) is 6.33. The fraction of sp³-hybridized carbons (Fsp3) is 0.462. The van der Waals surface area contributed by atoms with Crippen molar-refractivity contribution in [2.24, 2.45) is 0 Å². The number of nitro groups is 1. The van der Waals surface area contributed by atoms with Gasteiger partial charge in [-0.2, -0.15) is 0 Å². The number of nitrogens with one attached hydrogen (secondary N) is 1. The van der Waals surface area contributed by atoms with Crippen molar-refractivity contribution in [3.05, 3.63) is 34.4 Å². The van der Waals surface area contributed by atoms with Crippen molar-refractivity contribution in [2.75, 3.05) is 25.0 Å². The molecule has 0 aromatic heterocycles. The van der Waals surface area contributed by atoms with Crippen LogP contribution in [0.3, 0.4) is 0 Å². The predicted octanol–water partition coefficient (Wildman–Crippen LogP) is 2.27. The van der Waals surface area contributed by atoms with Crippen LogP contribution < -0.4 is 5.32 Å². The van der Waals surface area contributed by atoms with E-state index in [0.717, 1.165) is 13.1 Å². The second-order valence-corrected chi connectivity index (χ2v) is 4.13. The number of hydrogen-bond donors (Lipinski definition) is 1. The van der Waals surface area contributed by atoms with Crippen molar-refractivity contribution in [3.8, 4) is 0 Å². The molecule has 0 unspecified atom stereocenters. The molecule has 104 valence electrons. The van der Waals surface area contributed by atoms with E-state index < -0.39 is 4.92 Å². The summed E-state index contributed by atoms with van der Waals surface area (Å²) in [5, 5.41) is 13.2. The number of rotatable bonds is 7. The molecule has 1 N–H and O–H groups in total. The van der Waals surface area contributed by atoms with Gasteiger partial charge in [0.2, 0.25) is 5.91 Å². The van der Waals surface area contributed by atoms with E-state index >= 15 is 0 Å². The fourth-order valence-electron chi connectivity index (χ4n) is 1.69. The monoisotopic (exact) mass is 265 g/mol. The van der Waals surface area contributed by atoms with E-state index in [4.69, 9.17) is 0 Å². The topological polar surface area (TPSA) is 75.5 Å². The Morgan fingerprint density at radius 2 is 1.84 bits per heavy atom. The Kier molecular flexibility index (Phi) is 5.95. The zero-order valence-electron chi connectivity index (χ0n) is 11.3. The minimum absolute atomic E-state index is 0.0149. The molecule has 0 saturated carbocycles. The third-order valence-corrected chi connectivity index (χ3v) is 2.91. The number of amides is 1. The lowest BCUT2D eigenvalue weighted by Crippen LogP contribution is -2.27. The maximum atomic E-state index is 11.7. The van der Waals surface area contributed by atoms with Gasteiger partial charge in [-0.3, -0.25) is 14.9 Å². The molecule has 6 heteroatoms. The van der Waals surface area contributed by atoms with Crippen LogP contribution in [0, 0.1) is 10.1 Å². The first-order chi connectivity index (χ1) is 9.06. The van der Waals surface area contributed by atoms with Gasteiger partial charge in [0.1, 0.15) is 0 Å². The van der Waals surface area contributed by atoms with Crippen molar-refractivity contribution < 1.29 is 9.72 Å². The largest absolute Gasteiger partial charge is 0.326 e. The third-order valence-electron chi connectivity index (χ3n) is 2.91. The molecular formula is C13H19N3O3. The van der Waals surface area contributed by atoms with Crippen LogP contribution in [-0.4, -0.2) is 35.4 Å². The number of nitro benzene ring substituents is 1. The number of benzene rings is 1. The van der Waals surface area contributed by atoms with Crippen LogP contribution in [0.5, 0.6) is 0 Å².